The Balaban J connectivity index is 1.39. The normalized spacial score (nSPS) is 14.8. The molecule has 0 radical (unpaired) electrons. The van der Waals surface area contributed by atoms with Gasteiger partial charge < -0.3 is 14.8 Å². The number of nitrogens with zero attached hydrogens (tertiary/aromatic N) is 4. The number of amides is 1. The van der Waals surface area contributed by atoms with Crippen molar-refractivity contribution in [2.75, 3.05) is 32.1 Å². The molecule has 1 aliphatic rings. The summed E-state index contributed by atoms with van der Waals surface area (Å²) in [5.41, 5.74) is 3.14. The number of aryl methyl sites for hydroxylation is 1. The number of aromatic nitrogens is 3. The van der Waals surface area contributed by atoms with E-state index in [0.29, 0.717) is 58.7 Å². The Morgan fingerprint density at radius 2 is 1.75 bits per heavy atom. The molecule has 44 heavy (non-hydrogen) atoms. The zero-order chi connectivity index (χ0) is 31.4. The first-order valence-corrected chi connectivity index (χ1v) is 14.8. The number of hydrogen-bond acceptors (Lipinski definition) is 8. The number of likely N-dealkylation sites (tertiary alicyclic amines) is 1. The van der Waals surface area contributed by atoms with Gasteiger partial charge in [0.2, 0.25) is 5.88 Å². The van der Waals surface area contributed by atoms with Crippen LogP contribution in [0.2, 0.25) is 10.0 Å². The van der Waals surface area contributed by atoms with E-state index in [2.05, 4.69) is 15.3 Å². The third-order valence-electron chi connectivity index (χ3n) is 7.48. The fourth-order valence-corrected chi connectivity index (χ4v) is 5.83. The second kappa shape index (κ2) is 13.6. The largest absolute Gasteiger partial charge is 0.481 e. The predicted octanol–water partition coefficient (Wildman–Crippen LogP) is 5.46. The Kier molecular flexibility index (Phi) is 9.63. The van der Waals surface area contributed by atoms with E-state index in [1.165, 1.54) is 19.3 Å². The van der Waals surface area contributed by atoms with Crippen molar-refractivity contribution in [3.05, 3.63) is 92.3 Å². The molecule has 1 aliphatic heterocycles. The zero-order valence-corrected chi connectivity index (χ0v) is 26.0. The summed E-state index contributed by atoms with van der Waals surface area (Å²) >= 11 is 13.7. The van der Waals surface area contributed by atoms with Gasteiger partial charge in [0.25, 0.3) is 11.5 Å². The molecule has 1 fully saturated rings. The van der Waals surface area contributed by atoms with E-state index in [1.807, 2.05) is 37.3 Å². The van der Waals surface area contributed by atoms with Crippen LogP contribution in [0.4, 0.5) is 5.69 Å². The number of anilines is 1. The summed E-state index contributed by atoms with van der Waals surface area (Å²) in [4.78, 5) is 44.3. The van der Waals surface area contributed by atoms with Crippen LogP contribution in [0.25, 0.3) is 22.4 Å². The van der Waals surface area contributed by atoms with Gasteiger partial charge in [-0.1, -0.05) is 59.6 Å². The molecule has 1 unspecified atom stereocenters. The molecule has 0 aliphatic carbocycles. The number of hydrogen-bond donors (Lipinski definition) is 1. The first-order valence-electron chi connectivity index (χ1n) is 14.1. The third-order valence-corrected chi connectivity index (χ3v) is 8.29. The van der Waals surface area contributed by atoms with Gasteiger partial charge >= 0.3 is 5.97 Å². The SMILES string of the molecule is CCOC(=O)C1CCN(Cc2ccc(-c3cccc(-c4cccc(NC(=O)c5ccnn(C)c5=O)c4Cl)c3Cl)nc2OC)C1. The second-order valence-corrected chi connectivity index (χ2v) is 11.1. The Bertz CT molecular complexity index is 1780. The van der Waals surface area contributed by atoms with Crippen molar-refractivity contribution in [3.63, 3.8) is 0 Å². The van der Waals surface area contributed by atoms with E-state index in [4.69, 9.17) is 37.7 Å². The fourth-order valence-electron chi connectivity index (χ4n) is 5.23. The molecule has 5 rings (SSSR count). The van der Waals surface area contributed by atoms with Crippen LogP contribution in [0, 0.1) is 5.92 Å². The highest BCUT2D eigenvalue weighted by Gasteiger charge is 2.30. The summed E-state index contributed by atoms with van der Waals surface area (Å²) in [7, 11) is 3.04. The number of esters is 1. The Morgan fingerprint density at radius 1 is 1.02 bits per heavy atom. The lowest BCUT2D eigenvalue weighted by Crippen LogP contribution is -2.28. The molecular weight excluding hydrogens is 605 g/mol. The van der Waals surface area contributed by atoms with Gasteiger partial charge in [-0.25, -0.2) is 9.67 Å². The van der Waals surface area contributed by atoms with Crippen molar-refractivity contribution < 1.29 is 19.1 Å². The number of benzene rings is 2. The smallest absolute Gasteiger partial charge is 0.310 e. The number of rotatable bonds is 9. The average Bonchev–Trinajstić information content (AvgIpc) is 3.49. The first kappa shape index (κ1) is 31.2. The van der Waals surface area contributed by atoms with Crippen LogP contribution in [0.5, 0.6) is 5.88 Å². The number of pyridine rings is 1. The fraction of sp³-hybridized carbons (Fsp3) is 0.281. The van der Waals surface area contributed by atoms with Crippen LogP contribution < -0.4 is 15.6 Å². The number of carbonyl (C=O) groups excluding carboxylic acids is 2. The van der Waals surface area contributed by atoms with Gasteiger partial charge in [0.1, 0.15) is 5.56 Å². The average molecular weight is 637 g/mol. The molecule has 4 aromatic rings. The van der Waals surface area contributed by atoms with Gasteiger partial charge in [-0.15, -0.1) is 0 Å². The van der Waals surface area contributed by atoms with E-state index < -0.39 is 11.5 Å². The summed E-state index contributed by atoms with van der Waals surface area (Å²) in [5, 5.41) is 7.25. The van der Waals surface area contributed by atoms with Crippen molar-refractivity contribution >= 4 is 40.8 Å². The molecule has 0 bridgehead atoms. The van der Waals surface area contributed by atoms with E-state index in [-0.39, 0.29) is 22.5 Å². The summed E-state index contributed by atoms with van der Waals surface area (Å²) in [6.45, 7) is 4.17. The number of carbonyl (C=O) groups is 2. The topological polar surface area (TPSA) is 116 Å². The second-order valence-electron chi connectivity index (χ2n) is 10.3. The molecule has 0 spiro atoms. The highest BCUT2D eigenvalue weighted by atomic mass is 35.5. The van der Waals surface area contributed by atoms with Gasteiger partial charge in [-0.2, -0.15) is 5.10 Å². The standard InChI is InChI=1S/C32H31Cl2N5O5/c1-4-44-32(42)20-14-16-39(18-20)17-19-11-12-25(37-30(19)43-3)23-9-5-7-21(27(23)33)22-8-6-10-26(28(22)34)36-29(40)24-13-15-35-38(2)31(24)41/h5-13,15,20H,4,14,16-18H2,1-3H3,(H,36,40). The minimum Gasteiger partial charge on any atom is -0.481 e. The molecule has 1 amide bonds. The van der Waals surface area contributed by atoms with Crippen LogP contribution in [0.15, 0.2) is 65.6 Å². The predicted molar refractivity (Wildman–Crippen MR) is 169 cm³/mol. The maximum absolute atomic E-state index is 12.9. The minimum absolute atomic E-state index is 0.0592. The van der Waals surface area contributed by atoms with Crippen molar-refractivity contribution in [2.24, 2.45) is 13.0 Å². The quantitative estimate of drug-likeness (QED) is 0.241. The number of ether oxygens (including phenoxy) is 2. The van der Waals surface area contributed by atoms with Crippen molar-refractivity contribution in [1.29, 1.82) is 0 Å². The summed E-state index contributed by atoms with van der Waals surface area (Å²) in [6, 6.07) is 15.9. The molecule has 1 saturated heterocycles. The molecule has 1 N–H and O–H groups in total. The lowest BCUT2D eigenvalue weighted by molar-refractivity contribution is -0.147. The van der Waals surface area contributed by atoms with Crippen LogP contribution in [0.1, 0.15) is 29.3 Å². The van der Waals surface area contributed by atoms with Crippen molar-refractivity contribution in [3.8, 4) is 28.3 Å². The van der Waals surface area contributed by atoms with Crippen LogP contribution >= 0.6 is 23.2 Å². The molecule has 0 saturated carbocycles. The third kappa shape index (κ3) is 6.47. The van der Waals surface area contributed by atoms with E-state index in [0.717, 1.165) is 23.2 Å². The molecule has 2 aromatic carbocycles. The number of halogens is 2. The molecule has 228 valence electrons. The van der Waals surface area contributed by atoms with Crippen molar-refractivity contribution in [1.82, 2.24) is 19.7 Å². The van der Waals surface area contributed by atoms with Gasteiger partial charge in [-0.05, 0) is 38.1 Å². The lowest BCUT2D eigenvalue weighted by Gasteiger charge is -2.18. The van der Waals surface area contributed by atoms with Gasteiger partial charge in [0.15, 0.2) is 0 Å². The molecule has 10 nitrogen and oxygen atoms in total. The summed E-state index contributed by atoms with van der Waals surface area (Å²) < 4.78 is 11.9. The number of methoxy groups -OCH3 is 1. The monoisotopic (exact) mass is 635 g/mol. The maximum Gasteiger partial charge on any atom is 0.310 e. The Morgan fingerprint density at radius 3 is 2.50 bits per heavy atom. The lowest BCUT2D eigenvalue weighted by atomic mass is 10.00. The van der Waals surface area contributed by atoms with Crippen LogP contribution in [0.3, 0.4) is 0 Å². The summed E-state index contributed by atoms with van der Waals surface area (Å²) in [5.74, 6) is -0.420. The first-order chi connectivity index (χ1) is 21.2. The molecular formula is C32H31Cl2N5O5. The molecule has 3 heterocycles. The van der Waals surface area contributed by atoms with Gasteiger partial charge in [0.05, 0.1) is 41.1 Å². The van der Waals surface area contributed by atoms with Gasteiger partial charge in [0, 0.05) is 48.6 Å². The molecule has 1 atom stereocenters. The Labute approximate surface area is 264 Å². The van der Waals surface area contributed by atoms with Crippen LogP contribution in [-0.2, 0) is 23.1 Å². The highest BCUT2D eigenvalue weighted by Crippen LogP contribution is 2.41. The molecule has 12 heteroatoms. The van der Waals surface area contributed by atoms with E-state index in [9.17, 15) is 14.4 Å². The summed E-state index contributed by atoms with van der Waals surface area (Å²) in [6.07, 6.45) is 2.13. The van der Waals surface area contributed by atoms with Crippen molar-refractivity contribution in [2.45, 2.75) is 19.9 Å². The number of nitrogens with one attached hydrogen (secondary N) is 1. The van der Waals surface area contributed by atoms with Crippen LogP contribution in [-0.4, -0.2) is 58.3 Å². The maximum atomic E-state index is 12.9. The van der Waals surface area contributed by atoms with E-state index in [1.54, 1.807) is 25.3 Å². The minimum atomic E-state index is -0.603. The highest BCUT2D eigenvalue weighted by molar-refractivity contribution is 6.39. The van der Waals surface area contributed by atoms with Gasteiger partial charge in [-0.3, -0.25) is 19.3 Å². The zero-order valence-electron chi connectivity index (χ0n) is 24.5. The molecule has 2 aromatic heterocycles. The Hall–Kier alpha value is -4.25. The van der Waals surface area contributed by atoms with E-state index >= 15 is 0 Å².